The van der Waals surface area contributed by atoms with E-state index in [0.717, 1.165) is 11.6 Å². The summed E-state index contributed by atoms with van der Waals surface area (Å²) in [4.78, 5) is 21.4. The summed E-state index contributed by atoms with van der Waals surface area (Å²) in [6, 6.07) is 7.66. The molecule has 2 unspecified atom stereocenters. The molecule has 1 fully saturated rings. The molecule has 0 saturated carbocycles. The molecule has 11 heteroatoms. The van der Waals surface area contributed by atoms with Crippen molar-refractivity contribution in [3.8, 4) is 0 Å². The summed E-state index contributed by atoms with van der Waals surface area (Å²) >= 11 is 0. The summed E-state index contributed by atoms with van der Waals surface area (Å²) in [6.45, 7) is 6.54. The molecule has 2 aromatic rings. The zero-order valence-corrected chi connectivity index (χ0v) is 23.7. The SMILES string of the molecule is CC(c1ccc(F)c(F)c1F)N1CCN(C(=O)c2ccc(NS(=O)(=O)C3C=CC=C4C=CC=N[C@]43C)cc2)[C@H](C)C1. The van der Waals surface area contributed by atoms with Gasteiger partial charge >= 0.3 is 0 Å². The van der Waals surface area contributed by atoms with E-state index >= 15 is 0 Å². The minimum absolute atomic E-state index is 0.0608. The van der Waals surface area contributed by atoms with Crippen molar-refractivity contribution in [1.29, 1.82) is 0 Å². The van der Waals surface area contributed by atoms with Gasteiger partial charge in [0.05, 0.1) is 0 Å². The monoisotopic (exact) mass is 584 g/mol. The molecule has 3 aliphatic rings. The summed E-state index contributed by atoms with van der Waals surface area (Å²) in [5.74, 6) is -4.15. The van der Waals surface area contributed by atoms with E-state index in [2.05, 4.69) is 9.71 Å². The van der Waals surface area contributed by atoms with Crippen LogP contribution in [0.1, 0.15) is 42.7 Å². The van der Waals surface area contributed by atoms with Gasteiger partial charge in [0.2, 0.25) is 10.0 Å². The first-order valence-corrected chi connectivity index (χ1v) is 14.9. The zero-order chi connectivity index (χ0) is 29.5. The largest absolute Gasteiger partial charge is 0.333 e. The number of aliphatic imine (C=N–C) groups is 1. The standard InChI is InChI=1S/C30H31F3N4O3S/c1-19-18-36(20(2)24-13-14-25(31)28(33)27(24)32)16-17-37(19)29(38)21-9-11-23(12-10-21)35-41(39,40)26-8-4-6-22-7-5-15-34-30(22,26)3/h4-15,19-20,26,35H,16-18H2,1-3H3/t19-,20?,26?,30-/m1/s1. The van der Waals surface area contributed by atoms with E-state index in [-0.39, 0.29) is 17.5 Å². The maximum atomic E-state index is 14.4. The van der Waals surface area contributed by atoms with Gasteiger partial charge in [-0.3, -0.25) is 19.4 Å². The molecule has 2 aromatic carbocycles. The van der Waals surface area contributed by atoms with Crippen molar-refractivity contribution < 1.29 is 26.4 Å². The van der Waals surface area contributed by atoms with Gasteiger partial charge in [-0.2, -0.15) is 0 Å². The quantitative estimate of drug-likeness (QED) is 0.484. The van der Waals surface area contributed by atoms with E-state index in [0.29, 0.717) is 30.9 Å². The summed E-state index contributed by atoms with van der Waals surface area (Å²) in [7, 11) is -3.87. The molecule has 0 spiro atoms. The molecule has 1 amide bonds. The summed E-state index contributed by atoms with van der Waals surface area (Å²) in [5.41, 5.74) is 0.635. The molecule has 0 bridgehead atoms. The number of dihydropyridines is 1. The van der Waals surface area contributed by atoms with Crippen LogP contribution in [-0.4, -0.2) is 66.8 Å². The molecule has 5 rings (SSSR count). The minimum Gasteiger partial charge on any atom is -0.333 e. The Morgan fingerprint density at radius 2 is 1.80 bits per heavy atom. The van der Waals surface area contributed by atoms with Gasteiger partial charge in [-0.05, 0) is 62.8 Å². The topological polar surface area (TPSA) is 82.1 Å². The third-order valence-corrected chi connectivity index (χ3v) is 9.92. The molecule has 0 aromatic heterocycles. The number of rotatable bonds is 6. The number of benzene rings is 2. The van der Waals surface area contributed by atoms with Crippen molar-refractivity contribution in [3.05, 3.63) is 101 Å². The molecule has 41 heavy (non-hydrogen) atoms. The number of halogens is 3. The molecule has 4 atom stereocenters. The van der Waals surface area contributed by atoms with Crippen LogP contribution in [0.5, 0.6) is 0 Å². The Morgan fingerprint density at radius 1 is 1.07 bits per heavy atom. The van der Waals surface area contributed by atoms with Crippen LogP contribution in [0.4, 0.5) is 18.9 Å². The highest BCUT2D eigenvalue weighted by Crippen LogP contribution is 2.37. The van der Waals surface area contributed by atoms with Crippen LogP contribution < -0.4 is 4.72 Å². The normalized spacial score (nSPS) is 25.0. The molecule has 1 saturated heterocycles. The Kier molecular flexibility index (Phi) is 7.69. The fourth-order valence-corrected chi connectivity index (χ4v) is 7.37. The van der Waals surface area contributed by atoms with Crippen LogP contribution in [0.25, 0.3) is 0 Å². The van der Waals surface area contributed by atoms with Crippen molar-refractivity contribution >= 4 is 27.8 Å². The van der Waals surface area contributed by atoms with Gasteiger partial charge in [-0.1, -0.05) is 30.4 Å². The molecule has 0 radical (unpaired) electrons. The van der Waals surface area contributed by atoms with Gasteiger partial charge in [0.25, 0.3) is 5.91 Å². The minimum atomic E-state index is -3.87. The molecule has 2 aliphatic heterocycles. The van der Waals surface area contributed by atoms with Crippen molar-refractivity contribution in [2.24, 2.45) is 4.99 Å². The predicted molar refractivity (Wildman–Crippen MR) is 153 cm³/mol. The van der Waals surface area contributed by atoms with E-state index in [4.69, 9.17) is 0 Å². The fraction of sp³-hybridized carbons (Fsp3) is 0.333. The second-order valence-electron chi connectivity index (χ2n) is 10.7. The number of amides is 1. The average Bonchev–Trinajstić information content (AvgIpc) is 2.94. The molecule has 216 valence electrons. The summed E-state index contributed by atoms with van der Waals surface area (Å²) < 4.78 is 70.8. The van der Waals surface area contributed by atoms with Crippen molar-refractivity contribution in [2.75, 3.05) is 24.4 Å². The van der Waals surface area contributed by atoms with E-state index < -0.39 is 44.3 Å². The third-order valence-electron chi connectivity index (χ3n) is 8.11. The first kappa shape index (κ1) is 28.8. The highest BCUT2D eigenvalue weighted by atomic mass is 32.2. The van der Waals surface area contributed by atoms with Gasteiger partial charge in [-0.15, -0.1) is 0 Å². The Morgan fingerprint density at radius 3 is 2.51 bits per heavy atom. The van der Waals surface area contributed by atoms with Gasteiger partial charge < -0.3 is 4.90 Å². The van der Waals surface area contributed by atoms with Crippen LogP contribution >= 0.6 is 0 Å². The van der Waals surface area contributed by atoms with Gasteiger partial charge in [0.1, 0.15) is 10.8 Å². The Balaban J connectivity index is 1.24. The number of anilines is 1. The van der Waals surface area contributed by atoms with E-state index in [1.807, 2.05) is 24.0 Å². The first-order chi connectivity index (χ1) is 19.4. The van der Waals surface area contributed by atoms with Gasteiger partial charge in [0, 0.05) is 54.7 Å². The van der Waals surface area contributed by atoms with Crippen molar-refractivity contribution in [3.63, 3.8) is 0 Å². The number of nitrogens with one attached hydrogen (secondary N) is 1. The van der Waals surface area contributed by atoms with Gasteiger partial charge in [-0.25, -0.2) is 21.6 Å². The highest BCUT2D eigenvalue weighted by Gasteiger charge is 2.45. The second kappa shape index (κ2) is 10.9. The number of piperazine rings is 1. The number of hydrogen-bond acceptors (Lipinski definition) is 5. The van der Waals surface area contributed by atoms with Crippen LogP contribution in [-0.2, 0) is 10.0 Å². The fourth-order valence-electron chi connectivity index (χ4n) is 5.68. The number of carbonyl (C=O) groups is 1. The van der Waals surface area contributed by atoms with Crippen molar-refractivity contribution in [2.45, 2.75) is 43.6 Å². The molecular formula is C30H31F3N4O3S. The summed E-state index contributed by atoms with van der Waals surface area (Å²) in [6.07, 6.45) is 10.4. The number of fused-ring (bicyclic) bond motifs is 1. The molecular weight excluding hydrogens is 553 g/mol. The number of sulfonamides is 1. The third kappa shape index (κ3) is 5.36. The maximum Gasteiger partial charge on any atom is 0.254 e. The zero-order valence-electron chi connectivity index (χ0n) is 22.9. The molecule has 2 heterocycles. The van der Waals surface area contributed by atoms with Crippen molar-refractivity contribution in [1.82, 2.24) is 9.80 Å². The summed E-state index contributed by atoms with van der Waals surface area (Å²) in [5, 5.41) is -0.920. The predicted octanol–water partition coefficient (Wildman–Crippen LogP) is 5.02. The number of allylic oxidation sites excluding steroid dienone is 3. The average molecular weight is 585 g/mol. The van der Waals surface area contributed by atoms with Crippen LogP contribution in [0.2, 0.25) is 0 Å². The Hall–Kier alpha value is -3.70. The number of carbonyl (C=O) groups excluding carboxylic acids is 1. The lowest BCUT2D eigenvalue weighted by Crippen LogP contribution is -2.54. The lowest BCUT2D eigenvalue weighted by molar-refractivity contribution is 0.0401. The number of nitrogens with zero attached hydrogens (tertiary/aromatic N) is 3. The van der Waals surface area contributed by atoms with Crippen LogP contribution in [0.15, 0.2) is 77.3 Å². The van der Waals surface area contributed by atoms with Crippen LogP contribution in [0, 0.1) is 17.5 Å². The molecule has 1 N–H and O–H groups in total. The lowest BCUT2D eigenvalue weighted by Gasteiger charge is -2.42. The lowest BCUT2D eigenvalue weighted by atomic mass is 9.83. The second-order valence-corrected chi connectivity index (χ2v) is 12.5. The number of hydrogen-bond donors (Lipinski definition) is 1. The van der Waals surface area contributed by atoms with E-state index in [9.17, 15) is 26.4 Å². The van der Waals surface area contributed by atoms with E-state index in [1.165, 1.54) is 6.07 Å². The maximum absolute atomic E-state index is 14.4. The molecule has 7 nitrogen and oxygen atoms in total. The Bertz CT molecular complexity index is 1590. The molecule has 1 aliphatic carbocycles. The highest BCUT2D eigenvalue weighted by molar-refractivity contribution is 7.93. The van der Waals surface area contributed by atoms with Gasteiger partial charge in [0.15, 0.2) is 17.5 Å². The van der Waals surface area contributed by atoms with Crippen LogP contribution in [0.3, 0.4) is 0 Å². The van der Waals surface area contributed by atoms with E-state index in [1.54, 1.807) is 67.5 Å². The first-order valence-electron chi connectivity index (χ1n) is 13.3. The smallest absolute Gasteiger partial charge is 0.254 e. The Labute approximate surface area is 237 Å².